The van der Waals surface area contributed by atoms with Crippen molar-refractivity contribution in [1.29, 1.82) is 0 Å². The summed E-state index contributed by atoms with van der Waals surface area (Å²) >= 11 is 1.62. The number of sulfonamides is 1. The fraction of sp³-hybridized carbons (Fsp3) is 0.350. The Morgan fingerprint density at radius 2 is 1.71 bits per heavy atom. The molecule has 2 aromatic carbocycles. The van der Waals surface area contributed by atoms with Gasteiger partial charge >= 0.3 is 0 Å². The van der Waals surface area contributed by atoms with Crippen molar-refractivity contribution in [3.63, 3.8) is 0 Å². The molecule has 0 aliphatic carbocycles. The second-order valence-electron chi connectivity index (χ2n) is 6.63. The van der Waals surface area contributed by atoms with Crippen LogP contribution in [0.3, 0.4) is 0 Å². The second kappa shape index (κ2) is 9.09. The molecular formula is C20H24N2O4S2. The SMILES string of the molecule is CSc1ccc([C@@H](O)CNC(=O)c2ccc(S(=O)(=O)N3CCCC3)cc2)cc1. The minimum Gasteiger partial charge on any atom is -0.387 e. The van der Waals surface area contributed by atoms with Crippen LogP contribution >= 0.6 is 11.8 Å². The van der Waals surface area contributed by atoms with Gasteiger partial charge in [-0.2, -0.15) is 4.31 Å². The molecule has 3 rings (SSSR count). The molecule has 0 aromatic heterocycles. The van der Waals surface area contributed by atoms with E-state index in [2.05, 4.69) is 5.32 Å². The van der Waals surface area contributed by atoms with Gasteiger partial charge in [0.25, 0.3) is 5.91 Å². The van der Waals surface area contributed by atoms with E-state index < -0.39 is 16.1 Å². The molecule has 2 aromatic rings. The number of carbonyl (C=O) groups excluding carboxylic acids is 1. The first-order valence-corrected chi connectivity index (χ1v) is 11.8. The van der Waals surface area contributed by atoms with Crippen molar-refractivity contribution in [2.24, 2.45) is 0 Å². The monoisotopic (exact) mass is 420 g/mol. The van der Waals surface area contributed by atoms with Crippen LogP contribution in [0.1, 0.15) is 34.9 Å². The van der Waals surface area contributed by atoms with Crippen LogP contribution in [0.5, 0.6) is 0 Å². The standard InChI is InChI=1S/C20H24N2O4S2/c1-27-17-8-4-15(5-9-17)19(23)14-21-20(24)16-6-10-18(11-7-16)28(25,26)22-12-2-3-13-22/h4-11,19,23H,2-3,12-14H2,1H3,(H,21,24)/t19-/m0/s1. The molecule has 1 fully saturated rings. The summed E-state index contributed by atoms with van der Waals surface area (Å²) in [6.07, 6.45) is 2.92. The van der Waals surface area contributed by atoms with Crippen molar-refractivity contribution in [1.82, 2.24) is 9.62 Å². The Kier molecular flexibility index (Phi) is 6.77. The lowest BCUT2D eigenvalue weighted by atomic mass is 10.1. The van der Waals surface area contributed by atoms with Gasteiger partial charge in [-0.15, -0.1) is 11.8 Å². The molecule has 28 heavy (non-hydrogen) atoms. The van der Waals surface area contributed by atoms with E-state index in [4.69, 9.17) is 0 Å². The smallest absolute Gasteiger partial charge is 0.251 e. The van der Waals surface area contributed by atoms with Crippen LogP contribution in [-0.2, 0) is 10.0 Å². The van der Waals surface area contributed by atoms with Gasteiger partial charge in [-0.25, -0.2) is 8.42 Å². The lowest BCUT2D eigenvalue weighted by Crippen LogP contribution is -2.29. The van der Waals surface area contributed by atoms with Gasteiger partial charge in [0, 0.05) is 30.1 Å². The second-order valence-corrected chi connectivity index (χ2v) is 9.45. The summed E-state index contributed by atoms with van der Waals surface area (Å²) in [4.78, 5) is 13.6. The van der Waals surface area contributed by atoms with Crippen LogP contribution in [0.4, 0.5) is 0 Å². The van der Waals surface area contributed by atoms with Gasteiger partial charge in [0.1, 0.15) is 0 Å². The minimum absolute atomic E-state index is 0.0747. The summed E-state index contributed by atoms with van der Waals surface area (Å²) < 4.78 is 26.5. The van der Waals surface area contributed by atoms with Crippen molar-refractivity contribution in [2.75, 3.05) is 25.9 Å². The van der Waals surface area contributed by atoms with Crippen LogP contribution in [-0.4, -0.2) is 49.6 Å². The fourth-order valence-corrected chi connectivity index (χ4v) is 5.02. The van der Waals surface area contributed by atoms with E-state index in [1.54, 1.807) is 11.8 Å². The van der Waals surface area contributed by atoms with E-state index in [0.717, 1.165) is 23.3 Å². The Hall–Kier alpha value is -1.87. The highest BCUT2D eigenvalue weighted by Crippen LogP contribution is 2.21. The summed E-state index contributed by atoms with van der Waals surface area (Å²) in [5.41, 5.74) is 1.08. The van der Waals surface area contributed by atoms with E-state index in [9.17, 15) is 18.3 Å². The summed E-state index contributed by atoms with van der Waals surface area (Å²) in [7, 11) is -3.49. The molecule has 2 N–H and O–H groups in total. The van der Waals surface area contributed by atoms with E-state index in [1.807, 2.05) is 30.5 Å². The van der Waals surface area contributed by atoms with Crippen molar-refractivity contribution in [3.05, 3.63) is 59.7 Å². The summed E-state index contributed by atoms with van der Waals surface area (Å²) in [6, 6.07) is 13.4. The maximum absolute atomic E-state index is 12.5. The Morgan fingerprint density at radius 1 is 1.11 bits per heavy atom. The lowest BCUT2D eigenvalue weighted by Gasteiger charge is -2.16. The van der Waals surface area contributed by atoms with Crippen LogP contribution in [0.15, 0.2) is 58.3 Å². The summed E-state index contributed by atoms with van der Waals surface area (Å²) in [6.45, 7) is 1.16. The number of amides is 1. The molecule has 150 valence electrons. The number of aliphatic hydroxyl groups is 1. The van der Waals surface area contributed by atoms with Gasteiger partial charge in [-0.1, -0.05) is 12.1 Å². The third-order valence-electron chi connectivity index (χ3n) is 4.78. The van der Waals surface area contributed by atoms with Gasteiger partial charge in [0.2, 0.25) is 10.0 Å². The zero-order valence-electron chi connectivity index (χ0n) is 15.7. The molecule has 1 saturated heterocycles. The number of rotatable bonds is 7. The van der Waals surface area contributed by atoms with Crippen LogP contribution in [0.2, 0.25) is 0 Å². The predicted octanol–water partition coefficient (Wildman–Crippen LogP) is 2.66. The normalized spacial score (nSPS) is 16.1. The highest BCUT2D eigenvalue weighted by molar-refractivity contribution is 7.98. The Bertz CT molecular complexity index is 906. The molecule has 0 unspecified atom stereocenters. The third kappa shape index (κ3) is 4.75. The van der Waals surface area contributed by atoms with Crippen molar-refractivity contribution in [2.45, 2.75) is 28.7 Å². The van der Waals surface area contributed by atoms with E-state index in [-0.39, 0.29) is 17.3 Å². The highest BCUT2D eigenvalue weighted by atomic mass is 32.2. The van der Waals surface area contributed by atoms with E-state index >= 15 is 0 Å². The molecule has 6 nitrogen and oxygen atoms in total. The zero-order valence-corrected chi connectivity index (χ0v) is 17.3. The van der Waals surface area contributed by atoms with E-state index in [0.29, 0.717) is 18.7 Å². The average Bonchev–Trinajstić information content (AvgIpc) is 3.28. The first-order valence-electron chi connectivity index (χ1n) is 9.12. The highest BCUT2D eigenvalue weighted by Gasteiger charge is 2.27. The molecule has 0 saturated carbocycles. The van der Waals surface area contributed by atoms with Crippen molar-refractivity contribution in [3.8, 4) is 0 Å². The summed E-state index contributed by atoms with van der Waals surface area (Å²) in [5, 5.41) is 12.9. The Balaban J connectivity index is 1.59. The third-order valence-corrected chi connectivity index (χ3v) is 7.43. The fourth-order valence-electron chi connectivity index (χ4n) is 3.09. The summed E-state index contributed by atoms with van der Waals surface area (Å²) in [5.74, 6) is -0.357. The van der Waals surface area contributed by atoms with Gasteiger partial charge in [-0.05, 0) is 61.1 Å². The molecule has 1 aliphatic rings. The topological polar surface area (TPSA) is 86.7 Å². The number of hydrogen-bond donors (Lipinski definition) is 2. The molecule has 0 radical (unpaired) electrons. The minimum atomic E-state index is -3.49. The maximum atomic E-state index is 12.5. The number of carbonyl (C=O) groups is 1. The van der Waals surface area contributed by atoms with Gasteiger partial charge in [0.15, 0.2) is 0 Å². The number of nitrogens with zero attached hydrogens (tertiary/aromatic N) is 1. The predicted molar refractivity (Wildman–Crippen MR) is 110 cm³/mol. The maximum Gasteiger partial charge on any atom is 0.251 e. The molecule has 1 heterocycles. The first kappa shape index (κ1) is 20.9. The lowest BCUT2D eigenvalue weighted by molar-refractivity contribution is 0.0916. The Morgan fingerprint density at radius 3 is 2.29 bits per heavy atom. The molecule has 1 atom stereocenters. The number of aliphatic hydroxyl groups excluding tert-OH is 1. The number of benzene rings is 2. The van der Waals surface area contributed by atoms with Crippen LogP contribution in [0, 0.1) is 0 Å². The first-order chi connectivity index (χ1) is 13.4. The van der Waals surface area contributed by atoms with Crippen molar-refractivity contribution >= 4 is 27.7 Å². The van der Waals surface area contributed by atoms with Gasteiger partial charge in [0.05, 0.1) is 11.0 Å². The molecule has 1 aliphatic heterocycles. The van der Waals surface area contributed by atoms with Gasteiger partial charge < -0.3 is 10.4 Å². The number of hydrogen-bond acceptors (Lipinski definition) is 5. The van der Waals surface area contributed by atoms with Crippen LogP contribution in [0.25, 0.3) is 0 Å². The number of thioether (sulfide) groups is 1. The quantitative estimate of drug-likeness (QED) is 0.673. The molecule has 8 heteroatoms. The average molecular weight is 421 g/mol. The van der Waals surface area contributed by atoms with Crippen molar-refractivity contribution < 1.29 is 18.3 Å². The molecule has 0 bridgehead atoms. The largest absolute Gasteiger partial charge is 0.387 e. The van der Waals surface area contributed by atoms with E-state index in [1.165, 1.54) is 28.6 Å². The Labute approximate surface area is 170 Å². The molecule has 0 spiro atoms. The number of nitrogens with one attached hydrogen (secondary N) is 1. The zero-order chi connectivity index (χ0) is 20.1. The molecule has 1 amide bonds. The molecular weight excluding hydrogens is 396 g/mol. The van der Waals surface area contributed by atoms with Crippen LogP contribution < -0.4 is 5.32 Å². The van der Waals surface area contributed by atoms with Gasteiger partial charge in [-0.3, -0.25) is 4.79 Å².